The summed E-state index contributed by atoms with van der Waals surface area (Å²) in [6.07, 6.45) is 1.18. The maximum atomic E-state index is 13.3. The van der Waals surface area contributed by atoms with Gasteiger partial charge in [0.15, 0.2) is 5.03 Å². The molecule has 0 saturated heterocycles. The Hall–Kier alpha value is -5.25. The fourth-order valence-corrected chi connectivity index (χ4v) is 4.10. The molecule has 0 aliphatic heterocycles. The van der Waals surface area contributed by atoms with Gasteiger partial charge in [-0.1, -0.05) is 66.1 Å². The van der Waals surface area contributed by atoms with Crippen molar-refractivity contribution in [2.24, 2.45) is 22.2 Å². The Kier molecular flexibility index (Phi) is 15.9. The maximum absolute atomic E-state index is 13.3. The van der Waals surface area contributed by atoms with Gasteiger partial charge in [0.2, 0.25) is 17.7 Å². The van der Waals surface area contributed by atoms with Crippen molar-refractivity contribution in [2.45, 2.75) is 63.3 Å². The number of hydrogen-bond donors (Lipinski definition) is 7. The van der Waals surface area contributed by atoms with Crippen molar-refractivity contribution in [3.05, 3.63) is 81.9 Å². The van der Waals surface area contributed by atoms with Crippen molar-refractivity contribution < 1.29 is 28.9 Å². The van der Waals surface area contributed by atoms with Crippen molar-refractivity contribution in [3.63, 3.8) is 0 Å². The molecule has 0 saturated carbocycles. The third-order valence-corrected chi connectivity index (χ3v) is 6.48. The van der Waals surface area contributed by atoms with Crippen LogP contribution in [-0.2, 0) is 32.1 Å². The van der Waals surface area contributed by atoms with Crippen LogP contribution in [0.5, 0.6) is 0 Å². The molecule has 0 aliphatic carbocycles. The quantitative estimate of drug-likeness (QED) is 0.0360. The number of alkyl carbamates (subject to hydrolysis) is 1. The predicted molar refractivity (Wildman–Crippen MR) is 166 cm³/mol. The number of aliphatic imine (C=N–C) groups is 1. The van der Waals surface area contributed by atoms with E-state index in [1.54, 1.807) is 29.7 Å². The summed E-state index contributed by atoms with van der Waals surface area (Å²) >= 11 is 0. The average Bonchev–Trinajstić information content (AvgIpc) is 3.01. The van der Waals surface area contributed by atoms with Crippen molar-refractivity contribution in [3.8, 4) is 0 Å². The van der Waals surface area contributed by atoms with E-state index in [9.17, 15) is 29.3 Å². The van der Waals surface area contributed by atoms with Gasteiger partial charge in [0.25, 0.3) is 5.96 Å². The maximum Gasteiger partial charge on any atom is 0.407 e. The average molecular weight is 628 g/mol. The monoisotopic (exact) mass is 627 g/mol. The second-order valence-electron chi connectivity index (χ2n) is 10.1. The fourth-order valence-electron chi connectivity index (χ4n) is 4.10. The van der Waals surface area contributed by atoms with Crippen LogP contribution in [-0.4, -0.2) is 66.0 Å². The van der Waals surface area contributed by atoms with Gasteiger partial charge in [0.05, 0.1) is 6.04 Å². The second kappa shape index (κ2) is 19.8. The van der Waals surface area contributed by atoms with Crippen molar-refractivity contribution >= 4 is 29.8 Å². The minimum atomic E-state index is -1.06. The van der Waals surface area contributed by atoms with E-state index in [4.69, 9.17) is 21.9 Å². The molecule has 16 nitrogen and oxygen atoms in total. The molecule has 0 bridgehead atoms. The van der Waals surface area contributed by atoms with Crippen molar-refractivity contribution in [1.82, 2.24) is 21.4 Å². The fraction of sp³-hybridized carbons (Fsp3) is 0.414. The highest BCUT2D eigenvalue weighted by Crippen LogP contribution is 2.07. The van der Waals surface area contributed by atoms with Gasteiger partial charge in [0, 0.05) is 19.5 Å². The number of amides is 4. The molecule has 3 atom stereocenters. The van der Waals surface area contributed by atoms with E-state index < -0.39 is 47.0 Å². The van der Waals surface area contributed by atoms with E-state index in [-0.39, 0.29) is 38.4 Å². The summed E-state index contributed by atoms with van der Waals surface area (Å²) in [5.74, 6) is -2.34. The molecule has 0 unspecified atom stereocenters. The molecule has 244 valence electrons. The Bertz CT molecular complexity index is 1280. The summed E-state index contributed by atoms with van der Waals surface area (Å²) in [5, 5.41) is 17.4. The van der Waals surface area contributed by atoms with Crippen LogP contribution in [0, 0.1) is 10.1 Å². The molecule has 0 radical (unpaired) electrons. The van der Waals surface area contributed by atoms with Gasteiger partial charge in [-0.25, -0.2) is 19.9 Å². The zero-order chi connectivity index (χ0) is 33.0. The lowest BCUT2D eigenvalue weighted by atomic mass is 10.0. The number of primary amides is 1. The van der Waals surface area contributed by atoms with Crippen molar-refractivity contribution in [1.29, 1.82) is 0 Å². The summed E-state index contributed by atoms with van der Waals surface area (Å²) in [4.78, 5) is 64.3. The number of guanidine groups is 1. The lowest BCUT2D eigenvalue weighted by Crippen LogP contribution is -2.56. The van der Waals surface area contributed by atoms with Gasteiger partial charge in [-0.15, -0.1) is 0 Å². The van der Waals surface area contributed by atoms with E-state index in [1.165, 1.54) is 0 Å². The van der Waals surface area contributed by atoms with Gasteiger partial charge in [-0.05, 0) is 43.2 Å². The number of nitrogens with one attached hydrogen (secondary N) is 4. The smallest absolute Gasteiger partial charge is 0.407 e. The first-order chi connectivity index (χ1) is 21.5. The zero-order valence-corrected chi connectivity index (χ0v) is 24.9. The molecule has 0 spiro atoms. The first-order valence-electron chi connectivity index (χ1n) is 14.4. The summed E-state index contributed by atoms with van der Waals surface area (Å²) in [7, 11) is 0. The molecule has 0 aromatic heterocycles. The number of benzene rings is 2. The Morgan fingerprint density at radius 2 is 1.47 bits per heavy atom. The summed E-state index contributed by atoms with van der Waals surface area (Å²) in [5.41, 5.74) is 20.2. The molecule has 16 heteroatoms. The van der Waals surface area contributed by atoms with E-state index in [0.29, 0.717) is 25.8 Å². The van der Waals surface area contributed by atoms with Crippen LogP contribution in [0.15, 0.2) is 65.7 Å². The summed E-state index contributed by atoms with van der Waals surface area (Å²) in [6, 6.07) is 15.1. The molecule has 2 aromatic carbocycles. The Balaban J connectivity index is 1.87. The van der Waals surface area contributed by atoms with Crippen LogP contribution >= 0.6 is 0 Å². The second-order valence-corrected chi connectivity index (χ2v) is 10.1. The minimum Gasteiger partial charge on any atom is -0.445 e. The number of nitro groups is 1. The molecule has 0 fully saturated rings. The number of unbranched alkanes of at least 4 members (excludes halogenated alkanes) is 1. The van der Waals surface area contributed by atoms with Gasteiger partial charge < -0.3 is 37.9 Å². The van der Waals surface area contributed by atoms with Gasteiger partial charge >= 0.3 is 6.09 Å². The van der Waals surface area contributed by atoms with Gasteiger partial charge in [-0.3, -0.25) is 14.4 Å². The van der Waals surface area contributed by atoms with Crippen molar-refractivity contribution in [2.75, 3.05) is 13.1 Å². The normalized spacial score (nSPS) is 13.0. The minimum absolute atomic E-state index is 0.0896. The largest absolute Gasteiger partial charge is 0.445 e. The molecule has 4 amide bonds. The number of nitrogens with two attached hydrogens (primary N) is 3. The lowest BCUT2D eigenvalue weighted by Gasteiger charge is -2.23. The third-order valence-electron chi connectivity index (χ3n) is 6.48. The topological polar surface area (TPSA) is 259 Å². The highest BCUT2D eigenvalue weighted by Gasteiger charge is 2.27. The lowest BCUT2D eigenvalue weighted by molar-refractivity contribution is -0.525. The Morgan fingerprint density at radius 1 is 0.844 bits per heavy atom. The molecule has 45 heavy (non-hydrogen) atoms. The van der Waals surface area contributed by atoms with E-state index in [2.05, 4.69) is 20.9 Å². The number of carbonyl (C=O) groups excluding carboxylic acids is 4. The molecule has 0 aliphatic rings. The SMILES string of the molecule is NC(=O)[C@H](CCCCNC(=O)OCc1ccccc1)NC(=O)[C@H](Cc1ccccc1)NC(=O)[C@H](N)CCCN=C(N)N[N+](=O)[O-]. The van der Waals surface area contributed by atoms with Crippen LogP contribution < -0.4 is 38.6 Å². The van der Waals surface area contributed by atoms with Crippen LogP contribution in [0.4, 0.5) is 4.79 Å². The number of nitrogens with zero attached hydrogens (tertiary/aromatic N) is 2. The Morgan fingerprint density at radius 3 is 2.09 bits per heavy atom. The number of rotatable bonds is 19. The zero-order valence-electron chi connectivity index (χ0n) is 24.9. The van der Waals surface area contributed by atoms with Gasteiger partial charge in [-0.2, -0.15) is 0 Å². The van der Waals surface area contributed by atoms with Crippen LogP contribution in [0.25, 0.3) is 0 Å². The standard InChI is InChI=1S/C29H41N9O7/c30-22(14-9-17-33-28(32)37-38(43)44)26(40)36-24(18-20-10-3-1-4-11-20)27(41)35-23(25(31)39)15-7-8-16-34-29(42)45-19-21-12-5-2-6-13-21/h1-6,10-13,22-24H,7-9,14-19,30H2,(H2,31,39)(H,34,42)(H,35,41)(H,36,40)(H3,32,33,37)/t22-,23+,24+/m1/s1. The number of carbonyl (C=O) groups is 4. The summed E-state index contributed by atoms with van der Waals surface area (Å²) in [6.45, 7) is 0.523. The number of ether oxygens (including phenoxy) is 1. The van der Waals surface area contributed by atoms with Crippen LogP contribution in [0.3, 0.4) is 0 Å². The van der Waals surface area contributed by atoms with E-state index in [0.717, 1.165) is 11.1 Å². The molecular formula is C29H41N9O7. The van der Waals surface area contributed by atoms with Crippen LogP contribution in [0.1, 0.15) is 43.2 Å². The number of hydrazine groups is 1. The van der Waals surface area contributed by atoms with E-state index in [1.807, 2.05) is 36.4 Å². The van der Waals surface area contributed by atoms with Crippen LogP contribution in [0.2, 0.25) is 0 Å². The highest BCUT2D eigenvalue weighted by molar-refractivity contribution is 5.92. The number of hydrogen-bond acceptors (Lipinski definition) is 9. The highest BCUT2D eigenvalue weighted by atomic mass is 16.7. The van der Waals surface area contributed by atoms with Gasteiger partial charge in [0.1, 0.15) is 18.7 Å². The first kappa shape index (κ1) is 35.9. The molecule has 10 N–H and O–H groups in total. The predicted octanol–water partition coefficient (Wildman–Crippen LogP) is -0.0158. The molecular weight excluding hydrogens is 586 g/mol. The molecule has 0 heterocycles. The first-order valence-corrected chi connectivity index (χ1v) is 14.4. The third kappa shape index (κ3) is 15.2. The molecule has 2 aromatic rings. The summed E-state index contributed by atoms with van der Waals surface area (Å²) < 4.78 is 5.16. The Labute approximate surface area is 260 Å². The molecule has 2 rings (SSSR count). The van der Waals surface area contributed by atoms with E-state index >= 15 is 0 Å².